The summed E-state index contributed by atoms with van der Waals surface area (Å²) in [4.78, 5) is 34.4. The molecule has 0 unspecified atom stereocenters. The quantitative estimate of drug-likeness (QED) is 0.328. The zero-order valence-corrected chi connectivity index (χ0v) is 22.9. The smallest absolute Gasteiger partial charge is 0.257 e. The Morgan fingerprint density at radius 1 is 1.05 bits per heavy atom. The zero-order chi connectivity index (χ0) is 28.1. The van der Waals surface area contributed by atoms with Crippen molar-refractivity contribution in [2.75, 3.05) is 50.2 Å². The van der Waals surface area contributed by atoms with Crippen molar-refractivity contribution in [3.63, 3.8) is 0 Å². The molecule has 3 heterocycles. The van der Waals surface area contributed by atoms with E-state index < -0.39 is 0 Å². The number of nitrogens with zero attached hydrogens (tertiary/aromatic N) is 4. The van der Waals surface area contributed by atoms with Crippen LogP contribution in [0.2, 0.25) is 0 Å². The number of piperidine rings is 1. The normalized spacial score (nSPS) is 14.4. The minimum atomic E-state index is -0.269. The lowest BCUT2D eigenvalue weighted by atomic mass is 9.89. The average Bonchev–Trinajstić information content (AvgIpc) is 3.34. The van der Waals surface area contributed by atoms with Gasteiger partial charge in [-0.2, -0.15) is 0 Å². The third-order valence-electron chi connectivity index (χ3n) is 7.54. The number of hydrogen-bond acceptors (Lipinski definition) is 6. The molecular weight excluding hydrogens is 506 g/mol. The van der Waals surface area contributed by atoms with Gasteiger partial charge < -0.3 is 24.6 Å². The van der Waals surface area contributed by atoms with Crippen molar-refractivity contribution in [1.29, 1.82) is 0 Å². The van der Waals surface area contributed by atoms with Crippen LogP contribution < -0.4 is 10.2 Å². The second-order valence-electron chi connectivity index (χ2n) is 10.1. The number of fused-ring (bicyclic) bond motifs is 1. The number of ether oxygens (including phenoxy) is 1. The number of nitrogens with one attached hydrogen (secondary N) is 1. The second kappa shape index (κ2) is 12.4. The summed E-state index contributed by atoms with van der Waals surface area (Å²) < 4.78 is 7.17. The highest BCUT2D eigenvalue weighted by molar-refractivity contribution is 6.05. The Morgan fingerprint density at radius 2 is 1.80 bits per heavy atom. The summed E-state index contributed by atoms with van der Waals surface area (Å²) in [6.45, 7) is 2.76. The third kappa shape index (κ3) is 6.07. The van der Waals surface area contributed by atoms with E-state index >= 15 is 0 Å². The molecule has 9 heteroatoms. The molecule has 0 saturated carbocycles. The molecule has 1 fully saturated rings. The number of aryl methyl sites for hydroxylation is 1. The lowest BCUT2D eigenvalue weighted by Crippen LogP contribution is -2.34. The minimum absolute atomic E-state index is 0.0936. The van der Waals surface area contributed by atoms with Gasteiger partial charge in [-0.15, -0.1) is 0 Å². The minimum Gasteiger partial charge on any atom is -0.395 e. The van der Waals surface area contributed by atoms with Gasteiger partial charge in [0.05, 0.1) is 12.3 Å². The van der Waals surface area contributed by atoms with Crippen molar-refractivity contribution in [3.8, 4) is 0 Å². The van der Waals surface area contributed by atoms with Crippen LogP contribution in [0.4, 0.5) is 17.2 Å². The molecule has 0 atom stereocenters. The first-order valence-electron chi connectivity index (χ1n) is 13.5. The van der Waals surface area contributed by atoms with E-state index in [0.29, 0.717) is 28.7 Å². The summed E-state index contributed by atoms with van der Waals surface area (Å²) in [6.07, 6.45) is 5.63. The van der Waals surface area contributed by atoms with E-state index in [2.05, 4.69) is 15.2 Å². The molecule has 1 aliphatic heterocycles. The predicted octanol–water partition coefficient (Wildman–Crippen LogP) is 4.31. The number of rotatable bonds is 9. The molecule has 0 bridgehead atoms. The highest BCUT2D eigenvalue weighted by atomic mass is 16.5. The number of pyridine rings is 1. The van der Waals surface area contributed by atoms with Gasteiger partial charge in [-0.3, -0.25) is 14.5 Å². The van der Waals surface area contributed by atoms with Crippen LogP contribution in [-0.4, -0.2) is 71.3 Å². The number of carbonyl (C=O) groups excluding carboxylic acids is 2. The number of aromatic nitrogens is 2. The Balaban J connectivity index is 1.31. The predicted molar refractivity (Wildman–Crippen MR) is 156 cm³/mol. The van der Waals surface area contributed by atoms with Gasteiger partial charge in [-0.1, -0.05) is 12.1 Å². The molecule has 208 valence electrons. The van der Waals surface area contributed by atoms with Crippen LogP contribution in [0.3, 0.4) is 0 Å². The maximum atomic E-state index is 13.1. The molecule has 2 N–H and O–H groups in total. The first-order valence-corrected chi connectivity index (χ1v) is 13.5. The highest BCUT2D eigenvalue weighted by Crippen LogP contribution is 2.31. The Labute approximate surface area is 234 Å². The molecule has 9 nitrogen and oxygen atoms in total. The molecule has 0 aliphatic carbocycles. The molecule has 5 rings (SSSR count). The number of benzene rings is 2. The highest BCUT2D eigenvalue weighted by Gasteiger charge is 2.22. The molecule has 1 aliphatic rings. The van der Waals surface area contributed by atoms with Gasteiger partial charge in [0.1, 0.15) is 12.4 Å². The van der Waals surface area contributed by atoms with Gasteiger partial charge in [-0.25, -0.2) is 4.98 Å². The monoisotopic (exact) mass is 541 g/mol. The molecule has 1 saturated heterocycles. The molecule has 40 heavy (non-hydrogen) atoms. The van der Waals surface area contributed by atoms with Crippen molar-refractivity contribution in [3.05, 3.63) is 84.2 Å². The number of carbonyl (C=O) groups is 2. The van der Waals surface area contributed by atoms with Gasteiger partial charge in [0, 0.05) is 61.3 Å². The Bertz CT molecular complexity index is 1470. The van der Waals surface area contributed by atoms with Crippen molar-refractivity contribution in [1.82, 2.24) is 14.5 Å². The summed E-state index contributed by atoms with van der Waals surface area (Å²) in [5.74, 6) is 0.295. The van der Waals surface area contributed by atoms with Crippen LogP contribution in [0.25, 0.3) is 10.9 Å². The van der Waals surface area contributed by atoms with E-state index in [1.165, 1.54) is 12.7 Å². The zero-order valence-electron chi connectivity index (χ0n) is 22.9. The number of anilines is 3. The van der Waals surface area contributed by atoms with Crippen molar-refractivity contribution >= 4 is 39.9 Å². The second-order valence-corrected chi connectivity index (χ2v) is 10.1. The number of amides is 2. The molecule has 4 aromatic rings. The van der Waals surface area contributed by atoms with Gasteiger partial charge >= 0.3 is 0 Å². The third-order valence-corrected chi connectivity index (χ3v) is 7.54. The Morgan fingerprint density at radius 3 is 2.52 bits per heavy atom. The van der Waals surface area contributed by atoms with E-state index in [1.807, 2.05) is 66.3 Å². The number of likely N-dealkylation sites (tertiary alicyclic amines) is 1. The van der Waals surface area contributed by atoms with E-state index in [4.69, 9.17) is 9.84 Å². The number of hydrogen-bond donors (Lipinski definition) is 2. The molecule has 2 aromatic carbocycles. The van der Waals surface area contributed by atoms with Crippen LogP contribution in [0.5, 0.6) is 0 Å². The maximum Gasteiger partial charge on any atom is 0.257 e. The average molecular weight is 542 g/mol. The summed E-state index contributed by atoms with van der Waals surface area (Å²) >= 11 is 0. The van der Waals surface area contributed by atoms with Crippen LogP contribution in [-0.2, 0) is 16.6 Å². The Kier molecular flexibility index (Phi) is 8.54. The van der Waals surface area contributed by atoms with Crippen LogP contribution in [0.1, 0.15) is 34.7 Å². The number of methoxy groups -OCH3 is 1. The summed E-state index contributed by atoms with van der Waals surface area (Å²) in [5.41, 5.74) is 4.09. The van der Waals surface area contributed by atoms with Gasteiger partial charge in [0.2, 0.25) is 0 Å². The first-order chi connectivity index (χ1) is 19.5. The fraction of sp³-hybridized carbons (Fsp3) is 0.323. The Hall–Kier alpha value is -4.05. The van der Waals surface area contributed by atoms with Gasteiger partial charge in [-0.05, 0) is 79.9 Å². The summed E-state index contributed by atoms with van der Waals surface area (Å²) in [5, 5.41) is 13.0. The van der Waals surface area contributed by atoms with E-state index in [1.54, 1.807) is 23.2 Å². The van der Waals surface area contributed by atoms with E-state index in [9.17, 15) is 9.59 Å². The molecule has 0 radical (unpaired) electrons. The fourth-order valence-corrected chi connectivity index (χ4v) is 5.39. The lowest BCUT2D eigenvalue weighted by Gasteiger charge is -2.31. The van der Waals surface area contributed by atoms with Gasteiger partial charge in [0.25, 0.3) is 11.8 Å². The number of aliphatic hydroxyl groups is 1. The van der Waals surface area contributed by atoms with Crippen molar-refractivity contribution in [2.24, 2.45) is 7.05 Å². The van der Waals surface area contributed by atoms with E-state index in [-0.39, 0.29) is 25.0 Å². The SMILES string of the molecule is COCC(=O)N(c1ccnc(NC(=O)c2ccc(C3CCN(CCO)CC3)cc2)c1)c1ccc2c(ccn2C)c1. The summed E-state index contributed by atoms with van der Waals surface area (Å²) in [7, 11) is 3.46. The molecular formula is C31H35N5O4. The largest absolute Gasteiger partial charge is 0.395 e. The standard InChI is InChI=1S/C31H35N5O4/c1-34-14-10-25-19-26(7-8-28(25)34)36(30(38)21-40-2)27-9-13-32-29(20-27)33-31(39)24-5-3-22(4-6-24)23-11-15-35(16-12-23)17-18-37/h3-10,13-14,19-20,23,37H,11-12,15-18,21H2,1-2H3,(H,32,33,39). The molecule has 2 amide bonds. The van der Waals surface area contributed by atoms with Crippen molar-refractivity contribution < 1.29 is 19.4 Å². The van der Waals surface area contributed by atoms with Crippen LogP contribution in [0, 0.1) is 0 Å². The number of aliphatic hydroxyl groups excluding tert-OH is 1. The number of β-amino-alcohol motifs (C(OH)–C–C–N with tert-alkyl or cyclic N) is 1. The fourth-order valence-electron chi connectivity index (χ4n) is 5.39. The molecule has 0 spiro atoms. The van der Waals surface area contributed by atoms with Gasteiger partial charge in [0.15, 0.2) is 0 Å². The first kappa shape index (κ1) is 27.5. The maximum absolute atomic E-state index is 13.1. The van der Waals surface area contributed by atoms with Crippen molar-refractivity contribution in [2.45, 2.75) is 18.8 Å². The van der Waals surface area contributed by atoms with E-state index in [0.717, 1.165) is 43.4 Å². The lowest BCUT2D eigenvalue weighted by molar-refractivity contribution is -0.121. The van der Waals surface area contributed by atoms with Crippen LogP contribution in [0.15, 0.2) is 73.1 Å². The topological polar surface area (TPSA) is 99.9 Å². The molecule has 2 aromatic heterocycles. The van der Waals surface area contributed by atoms with Crippen LogP contribution >= 0.6 is 0 Å². The summed E-state index contributed by atoms with van der Waals surface area (Å²) in [6, 6.07) is 19.0.